The van der Waals surface area contributed by atoms with Gasteiger partial charge in [0.2, 0.25) is 11.8 Å². The summed E-state index contributed by atoms with van der Waals surface area (Å²) in [5.74, 6) is 1.55. The first-order valence-corrected chi connectivity index (χ1v) is 14.5. The van der Waals surface area contributed by atoms with Crippen LogP contribution in [0.15, 0.2) is 66.6 Å². The van der Waals surface area contributed by atoms with Gasteiger partial charge in [0.25, 0.3) is 0 Å². The number of unbranched alkanes of at least 4 members (excludes halogenated alkanes) is 1. The first kappa shape index (κ1) is 32.9. The molecule has 0 saturated heterocycles. The van der Waals surface area contributed by atoms with Gasteiger partial charge in [-0.3, -0.25) is 9.59 Å². The summed E-state index contributed by atoms with van der Waals surface area (Å²) in [5.41, 5.74) is 0.640. The number of benzene rings is 2. The molecule has 0 aliphatic rings. The van der Waals surface area contributed by atoms with Crippen LogP contribution in [0, 0.1) is 12.3 Å². The second-order valence-electron chi connectivity index (χ2n) is 10.1. The fraction of sp³-hybridized carbons (Fsp3) is 0.367. The van der Waals surface area contributed by atoms with E-state index < -0.39 is 45.7 Å². The highest BCUT2D eigenvalue weighted by Gasteiger charge is 2.29. The number of hydrogen-bond acceptors (Lipinski definition) is 7. The van der Waals surface area contributed by atoms with E-state index in [0.29, 0.717) is 30.4 Å². The van der Waals surface area contributed by atoms with Crippen LogP contribution in [0.1, 0.15) is 44.7 Å². The summed E-state index contributed by atoms with van der Waals surface area (Å²) in [6, 6.07) is 13.1. The highest BCUT2D eigenvalue weighted by atomic mass is 32.2. The van der Waals surface area contributed by atoms with E-state index >= 15 is 0 Å². The fourth-order valence-corrected chi connectivity index (χ4v) is 4.05. The molecular weight excluding hydrogens is 546 g/mol. The van der Waals surface area contributed by atoms with Gasteiger partial charge in [-0.1, -0.05) is 49.0 Å². The van der Waals surface area contributed by atoms with Crippen LogP contribution in [0.4, 0.5) is 4.79 Å². The van der Waals surface area contributed by atoms with E-state index in [-0.39, 0.29) is 18.6 Å². The van der Waals surface area contributed by atoms with Crippen molar-refractivity contribution < 1.29 is 31.7 Å². The Bertz CT molecular complexity index is 1330. The van der Waals surface area contributed by atoms with E-state index in [9.17, 15) is 22.8 Å². The minimum Gasteiger partial charge on any atom is -0.444 e. The Morgan fingerprint density at radius 3 is 2.10 bits per heavy atom. The molecular formula is C30H37N3O7S. The number of rotatable bonds is 14. The lowest BCUT2D eigenvalue weighted by molar-refractivity contribution is -0.130. The number of ether oxygens (including phenoxy) is 1. The molecule has 0 saturated carbocycles. The number of nitrogens with one attached hydrogen (secondary N) is 3. The summed E-state index contributed by atoms with van der Waals surface area (Å²) in [4.78, 5) is 39.2. The van der Waals surface area contributed by atoms with Gasteiger partial charge in [0.15, 0.2) is 0 Å². The third-order valence-electron chi connectivity index (χ3n) is 5.50. The molecule has 0 aliphatic carbocycles. The normalized spacial score (nSPS) is 12.6. The standard InChI is InChI=1S/C30H37N3O7S/c1-6-8-12-19-31-27(34)25(21-23-15-17-24(18-16-23)40-41(37,38)7-2)32-28(35)26(20-22-13-10-9-11-14-22)33-29(36)39-30(3,4)5/h1,7,9-11,13-18,25-26H,2,8,12,19-21H2,3-5H3,(H,31,34)(H,32,35)(H,33,36)/t25-,26-/m0/s1. The van der Waals surface area contributed by atoms with E-state index in [2.05, 4.69) is 28.4 Å². The highest BCUT2D eigenvalue weighted by Crippen LogP contribution is 2.16. The Labute approximate surface area is 242 Å². The average Bonchev–Trinajstić information content (AvgIpc) is 2.90. The molecule has 0 aliphatic heterocycles. The topological polar surface area (TPSA) is 140 Å². The SMILES string of the molecule is C#CCCCNC(=O)[C@H](Cc1ccc(OS(=O)(=O)C=C)cc1)NC(=O)[C@H](Cc1ccccc1)NC(=O)OC(C)(C)C. The number of hydrogen-bond donors (Lipinski definition) is 3. The molecule has 2 aromatic rings. The highest BCUT2D eigenvalue weighted by molar-refractivity contribution is 7.90. The minimum absolute atomic E-state index is 0.0671. The predicted molar refractivity (Wildman–Crippen MR) is 156 cm³/mol. The van der Waals surface area contributed by atoms with Gasteiger partial charge in [-0.2, -0.15) is 8.42 Å². The van der Waals surface area contributed by atoms with Crippen molar-refractivity contribution in [1.82, 2.24) is 16.0 Å². The number of terminal acetylenes is 1. The third kappa shape index (κ3) is 12.6. The molecule has 2 aromatic carbocycles. The summed E-state index contributed by atoms with van der Waals surface area (Å²) in [5, 5.41) is 8.84. The molecule has 10 nitrogen and oxygen atoms in total. The number of carbonyl (C=O) groups is 3. The van der Waals surface area contributed by atoms with Crippen molar-refractivity contribution in [2.24, 2.45) is 0 Å². The van der Waals surface area contributed by atoms with Crippen LogP contribution in [0.3, 0.4) is 0 Å². The molecule has 2 rings (SSSR count). The summed E-state index contributed by atoms with van der Waals surface area (Å²) in [6.45, 7) is 8.64. The summed E-state index contributed by atoms with van der Waals surface area (Å²) in [7, 11) is -3.93. The molecule has 3 N–H and O–H groups in total. The molecule has 0 radical (unpaired) electrons. The lowest BCUT2D eigenvalue weighted by atomic mass is 10.0. The summed E-state index contributed by atoms with van der Waals surface area (Å²) in [6.07, 6.45) is 5.79. The molecule has 0 fully saturated rings. The van der Waals surface area contributed by atoms with Crippen molar-refractivity contribution in [2.75, 3.05) is 6.54 Å². The smallest absolute Gasteiger partial charge is 0.408 e. The van der Waals surface area contributed by atoms with E-state index in [1.807, 2.05) is 30.3 Å². The Balaban J connectivity index is 2.26. The molecule has 220 valence electrons. The molecule has 3 amide bonds. The maximum Gasteiger partial charge on any atom is 0.408 e. The zero-order valence-electron chi connectivity index (χ0n) is 23.5. The monoisotopic (exact) mass is 583 g/mol. The largest absolute Gasteiger partial charge is 0.444 e. The van der Waals surface area contributed by atoms with Crippen LogP contribution in [0.5, 0.6) is 5.75 Å². The van der Waals surface area contributed by atoms with Gasteiger partial charge in [-0.15, -0.1) is 12.3 Å². The van der Waals surface area contributed by atoms with E-state index in [1.165, 1.54) is 12.1 Å². The molecule has 0 unspecified atom stereocenters. The quantitative estimate of drug-likeness (QED) is 0.176. The van der Waals surface area contributed by atoms with Gasteiger partial charge >= 0.3 is 16.2 Å². The minimum atomic E-state index is -3.93. The lowest BCUT2D eigenvalue weighted by Gasteiger charge is -2.25. The zero-order valence-corrected chi connectivity index (χ0v) is 24.3. The zero-order chi connectivity index (χ0) is 30.5. The number of carbonyl (C=O) groups excluding carboxylic acids is 3. The van der Waals surface area contributed by atoms with Crippen LogP contribution in [0.2, 0.25) is 0 Å². The Kier molecular flexibility index (Phi) is 12.4. The van der Waals surface area contributed by atoms with Crippen molar-refractivity contribution in [2.45, 2.75) is 64.1 Å². The maximum absolute atomic E-state index is 13.5. The van der Waals surface area contributed by atoms with Gasteiger partial charge in [0, 0.05) is 25.8 Å². The van der Waals surface area contributed by atoms with Crippen LogP contribution < -0.4 is 20.1 Å². The van der Waals surface area contributed by atoms with Gasteiger partial charge in [-0.25, -0.2) is 4.79 Å². The first-order chi connectivity index (χ1) is 19.3. The van der Waals surface area contributed by atoms with Crippen LogP contribution >= 0.6 is 0 Å². The van der Waals surface area contributed by atoms with Gasteiger partial charge in [-0.05, 0) is 50.5 Å². The Morgan fingerprint density at radius 1 is 0.951 bits per heavy atom. The van der Waals surface area contributed by atoms with Crippen molar-refractivity contribution in [3.8, 4) is 18.1 Å². The third-order valence-corrected chi connectivity index (χ3v) is 6.33. The van der Waals surface area contributed by atoms with Gasteiger partial charge < -0.3 is 24.9 Å². The van der Waals surface area contributed by atoms with Gasteiger partial charge in [0.1, 0.15) is 23.4 Å². The lowest BCUT2D eigenvalue weighted by Crippen LogP contribution is -2.55. The number of alkyl carbamates (subject to hydrolysis) is 1. The first-order valence-electron chi connectivity index (χ1n) is 13.0. The average molecular weight is 584 g/mol. The molecule has 0 heterocycles. The second-order valence-corrected chi connectivity index (χ2v) is 11.6. The van der Waals surface area contributed by atoms with Crippen LogP contribution in [-0.4, -0.2) is 50.6 Å². The van der Waals surface area contributed by atoms with Crippen molar-refractivity contribution in [3.05, 3.63) is 77.7 Å². The van der Waals surface area contributed by atoms with E-state index in [0.717, 1.165) is 5.56 Å². The maximum atomic E-state index is 13.5. The summed E-state index contributed by atoms with van der Waals surface area (Å²) >= 11 is 0. The molecule has 0 spiro atoms. The van der Waals surface area contributed by atoms with Crippen LogP contribution in [-0.2, 0) is 37.3 Å². The van der Waals surface area contributed by atoms with Crippen molar-refractivity contribution in [1.29, 1.82) is 0 Å². The molecule has 0 bridgehead atoms. The van der Waals surface area contributed by atoms with Crippen molar-refractivity contribution in [3.63, 3.8) is 0 Å². The Morgan fingerprint density at radius 2 is 1.54 bits per heavy atom. The molecule has 2 atom stereocenters. The van der Waals surface area contributed by atoms with E-state index in [1.54, 1.807) is 32.9 Å². The second kappa shape index (κ2) is 15.5. The van der Waals surface area contributed by atoms with Crippen LogP contribution in [0.25, 0.3) is 0 Å². The summed E-state index contributed by atoms with van der Waals surface area (Å²) < 4.78 is 33.5. The number of amides is 3. The van der Waals surface area contributed by atoms with Gasteiger partial charge in [0.05, 0.1) is 5.41 Å². The Hall–Kier alpha value is -4.30. The molecule has 11 heteroatoms. The fourth-order valence-electron chi connectivity index (χ4n) is 3.60. The molecule has 41 heavy (non-hydrogen) atoms. The van der Waals surface area contributed by atoms with E-state index in [4.69, 9.17) is 15.3 Å². The predicted octanol–water partition coefficient (Wildman–Crippen LogP) is 3.23. The molecule has 0 aromatic heterocycles. The van der Waals surface area contributed by atoms with Crippen molar-refractivity contribution >= 4 is 28.0 Å².